The Morgan fingerprint density at radius 3 is 2.62 bits per heavy atom. The van der Waals surface area contributed by atoms with Crippen molar-refractivity contribution in [1.82, 2.24) is 20.4 Å². The average molecular weight is 567 g/mol. The molecule has 0 unspecified atom stereocenters. The Bertz CT molecular complexity index is 1430. The number of halogens is 1. The smallest absolute Gasteiger partial charge is 0.407 e. The Morgan fingerprint density at radius 2 is 1.90 bits per heavy atom. The van der Waals surface area contributed by atoms with Gasteiger partial charge < -0.3 is 20.1 Å². The average Bonchev–Trinajstić information content (AvgIpc) is 3.37. The maximum Gasteiger partial charge on any atom is 0.407 e. The largest absolute Gasteiger partial charge is 0.447 e. The number of alkyl carbamates (subject to hydrolysis) is 1. The molecule has 2 aliphatic rings. The van der Waals surface area contributed by atoms with Gasteiger partial charge in [0.05, 0.1) is 16.9 Å². The highest BCUT2D eigenvalue weighted by Gasteiger charge is 2.23. The number of fused-ring (bicyclic) bond motifs is 1. The number of hydrogen-bond acceptors (Lipinski definition) is 6. The number of hydrogen-bond donors (Lipinski definition) is 2. The van der Waals surface area contributed by atoms with E-state index in [0.717, 1.165) is 80.4 Å². The molecule has 2 saturated heterocycles. The van der Waals surface area contributed by atoms with Gasteiger partial charge in [-0.2, -0.15) is 5.10 Å². The monoisotopic (exact) mass is 566 g/mol. The zero-order valence-electron chi connectivity index (χ0n) is 22.7. The summed E-state index contributed by atoms with van der Waals surface area (Å²) < 4.78 is 12.2. The van der Waals surface area contributed by atoms with Crippen molar-refractivity contribution in [3.05, 3.63) is 74.0 Å². The number of carbonyl (C=O) groups excluding carboxylic acids is 2. The van der Waals surface area contributed by atoms with Crippen molar-refractivity contribution in [2.45, 2.75) is 57.5 Å². The Balaban J connectivity index is 1.39. The van der Waals surface area contributed by atoms with Crippen LogP contribution in [0.1, 0.15) is 59.3 Å². The fourth-order valence-corrected chi connectivity index (χ4v) is 5.71. The third kappa shape index (κ3) is 6.82. The fourth-order valence-electron chi connectivity index (χ4n) is 5.59. The molecular weight excluding hydrogens is 532 g/mol. The molecule has 1 atom stereocenters. The van der Waals surface area contributed by atoms with E-state index in [1.807, 2.05) is 18.2 Å². The lowest BCUT2D eigenvalue weighted by molar-refractivity contribution is 0.0665. The predicted octanol–water partition coefficient (Wildman–Crippen LogP) is 4.31. The van der Waals surface area contributed by atoms with Crippen LogP contribution in [-0.2, 0) is 35.9 Å². The molecule has 2 aliphatic heterocycles. The lowest BCUT2D eigenvalue weighted by Crippen LogP contribution is -2.31. The van der Waals surface area contributed by atoms with E-state index in [1.54, 1.807) is 23.9 Å². The normalized spacial score (nSPS) is 17.6. The molecule has 40 heavy (non-hydrogen) atoms. The third-order valence-corrected chi connectivity index (χ3v) is 7.97. The Kier molecular flexibility index (Phi) is 9.01. The van der Waals surface area contributed by atoms with Gasteiger partial charge >= 0.3 is 6.09 Å². The predicted molar refractivity (Wildman–Crippen MR) is 153 cm³/mol. The molecule has 0 aliphatic carbocycles. The minimum atomic E-state index is -0.505. The third-order valence-electron chi connectivity index (χ3n) is 7.71. The number of cyclic esters (lactones) is 1. The van der Waals surface area contributed by atoms with E-state index in [0.29, 0.717) is 22.9 Å². The zero-order chi connectivity index (χ0) is 28.1. The summed E-state index contributed by atoms with van der Waals surface area (Å²) in [5, 5.41) is 11.2. The molecular formula is C30H35ClN4O5. The topological polar surface area (TPSA) is 112 Å². The van der Waals surface area contributed by atoms with E-state index in [4.69, 9.17) is 21.1 Å². The first-order chi connectivity index (χ1) is 19.4. The summed E-state index contributed by atoms with van der Waals surface area (Å²) in [6.45, 7) is 2.19. The number of ether oxygens (including phenoxy) is 2. The molecule has 1 aromatic heterocycles. The molecule has 0 radical (unpaired) electrons. The van der Waals surface area contributed by atoms with Crippen molar-refractivity contribution < 1.29 is 19.1 Å². The number of nitrogens with one attached hydrogen (secondary N) is 2. The number of rotatable bonds is 10. The SMILES string of the molecule is Cn1nc(C(=O)NCc2ccc(Cl)cc2)c(=O)c2cc(CC3CCOCC3)cc(CCCC[C@@H]3COC(=O)N3)c21. The van der Waals surface area contributed by atoms with Gasteiger partial charge in [-0.25, -0.2) is 4.79 Å². The van der Waals surface area contributed by atoms with E-state index in [2.05, 4.69) is 21.8 Å². The minimum Gasteiger partial charge on any atom is -0.447 e. The number of aromatic nitrogens is 2. The van der Waals surface area contributed by atoms with Crippen molar-refractivity contribution in [1.29, 1.82) is 0 Å². The van der Waals surface area contributed by atoms with Gasteiger partial charge in [-0.3, -0.25) is 14.3 Å². The van der Waals surface area contributed by atoms with Crippen molar-refractivity contribution >= 4 is 34.5 Å². The van der Waals surface area contributed by atoms with E-state index in [1.165, 1.54) is 0 Å². The number of benzene rings is 2. The Morgan fingerprint density at radius 1 is 1.12 bits per heavy atom. The summed E-state index contributed by atoms with van der Waals surface area (Å²) in [5.41, 5.74) is 3.30. The second-order valence-electron chi connectivity index (χ2n) is 10.7. The number of carbonyl (C=O) groups is 2. The maximum absolute atomic E-state index is 13.7. The van der Waals surface area contributed by atoms with Crippen molar-refractivity contribution in [3.8, 4) is 0 Å². The van der Waals surface area contributed by atoms with Gasteiger partial charge in [0.15, 0.2) is 5.69 Å². The van der Waals surface area contributed by atoms with Crippen LogP contribution in [-0.4, -0.2) is 47.6 Å². The summed E-state index contributed by atoms with van der Waals surface area (Å²) in [6.07, 6.45) is 5.89. The number of amides is 2. The molecule has 2 amide bonds. The molecule has 2 aromatic carbocycles. The molecule has 3 aromatic rings. The first kappa shape index (κ1) is 28.1. The number of aryl methyl sites for hydroxylation is 2. The van der Waals surface area contributed by atoms with E-state index in [9.17, 15) is 14.4 Å². The molecule has 0 spiro atoms. The molecule has 3 heterocycles. The highest BCUT2D eigenvalue weighted by atomic mass is 35.5. The highest BCUT2D eigenvalue weighted by molar-refractivity contribution is 6.30. The fraction of sp³-hybridized carbons (Fsp3) is 0.467. The lowest BCUT2D eigenvalue weighted by atomic mass is 9.90. The Labute approximate surface area is 238 Å². The van der Waals surface area contributed by atoms with Gasteiger partial charge in [0.2, 0.25) is 5.43 Å². The van der Waals surface area contributed by atoms with E-state index in [-0.39, 0.29) is 29.8 Å². The van der Waals surface area contributed by atoms with Crippen molar-refractivity contribution in [3.63, 3.8) is 0 Å². The summed E-state index contributed by atoms with van der Waals surface area (Å²) in [7, 11) is 1.78. The molecule has 2 fully saturated rings. The van der Waals surface area contributed by atoms with Crippen LogP contribution in [0.5, 0.6) is 0 Å². The van der Waals surface area contributed by atoms with Crippen LogP contribution in [0.15, 0.2) is 41.2 Å². The Hall–Kier alpha value is -3.43. The number of nitrogens with zero attached hydrogens (tertiary/aromatic N) is 2. The van der Waals surface area contributed by atoms with Gasteiger partial charge in [0.25, 0.3) is 5.91 Å². The minimum absolute atomic E-state index is 0.0454. The van der Waals surface area contributed by atoms with Crippen LogP contribution in [0.25, 0.3) is 10.9 Å². The summed E-state index contributed by atoms with van der Waals surface area (Å²) in [4.78, 5) is 38.1. The quantitative estimate of drug-likeness (QED) is 0.354. The molecule has 0 bridgehead atoms. The number of unbranched alkanes of at least 4 members (excludes halogenated alkanes) is 1. The van der Waals surface area contributed by atoms with Gasteiger partial charge in [-0.1, -0.05) is 36.2 Å². The maximum atomic E-state index is 13.7. The van der Waals surface area contributed by atoms with E-state index >= 15 is 0 Å². The first-order valence-corrected chi connectivity index (χ1v) is 14.3. The summed E-state index contributed by atoms with van der Waals surface area (Å²) in [5.74, 6) is -0.00692. The van der Waals surface area contributed by atoms with Crippen LogP contribution >= 0.6 is 11.6 Å². The second kappa shape index (κ2) is 12.8. The van der Waals surface area contributed by atoms with Crippen LogP contribution < -0.4 is 16.1 Å². The van der Waals surface area contributed by atoms with Crippen LogP contribution in [0.3, 0.4) is 0 Å². The van der Waals surface area contributed by atoms with Crippen LogP contribution in [0, 0.1) is 5.92 Å². The second-order valence-corrected chi connectivity index (χ2v) is 11.1. The molecule has 2 N–H and O–H groups in total. The van der Waals surface area contributed by atoms with Crippen molar-refractivity contribution in [2.75, 3.05) is 19.8 Å². The van der Waals surface area contributed by atoms with Crippen LogP contribution in [0.4, 0.5) is 4.79 Å². The standard InChI is InChI=1S/C30H35ClN4O5/c1-35-27-22(4-2-3-5-24-18-40-30(38)33-24)15-21(14-19-10-12-39-13-11-19)16-25(27)28(36)26(34-35)29(37)32-17-20-6-8-23(31)9-7-20/h6-9,15-16,19,24H,2-5,10-14,17-18H2,1H3,(H,32,37)(H,33,38)/t24-/m1/s1. The molecule has 9 nitrogen and oxygen atoms in total. The molecule has 212 valence electrons. The van der Waals surface area contributed by atoms with Gasteiger partial charge in [-0.05, 0) is 79.3 Å². The van der Waals surface area contributed by atoms with Crippen LogP contribution in [0.2, 0.25) is 5.02 Å². The summed E-state index contributed by atoms with van der Waals surface area (Å²) in [6, 6.07) is 11.4. The van der Waals surface area contributed by atoms with Gasteiger partial charge in [-0.15, -0.1) is 0 Å². The van der Waals surface area contributed by atoms with Gasteiger partial charge in [0, 0.05) is 31.8 Å². The molecule has 10 heteroatoms. The highest BCUT2D eigenvalue weighted by Crippen LogP contribution is 2.26. The lowest BCUT2D eigenvalue weighted by Gasteiger charge is -2.23. The van der Waals surface area contributed by atoms with E-state index < -0.39 is 5.91 Å². The zero-order valence-corrected chi connectivity index (χ0v) is 23.5. The first-order valence-electron chi connectivity index (χ1n) is 13.9. The van der Waals surface area contributed by atoms with Crippen molar-refractivity contribution in [2.24, 2.45) is 13.0 Å². The molecule has 0 saturated carbocycles. The van der Waals surface area contributed by atoms with Gasteiger partial charge in [0.1, 0.15) is 6.61 Å². The molecule has 5 rings (SSSR count). The summed E-state index contributed by atoms with van der Waals surface area (Å²) >= 11 is 5.96.